The third-order valence-corrected chi connectivity index (χ3v) is 3.52. The number of fused-ring (bicyclic) bond motifs is 1. The molecule has 3 rings (SSSR count). The number of carbonyl (C=O) groups is 1. The minimum atomic E-state index is -0.576. The van der Waals surface area contributed by atoms with Gasteiger partial charge in [-0.15, -0.1) is 0 Å². The summed E-state index contributed by atoms with van der Waals surface area (Å²) in [6.45, 7) is 2.39. The standard InChI is InChI=1S/C15H15ClN4O3/c1-8-2-11(23-20-8)7-22-14-5-13-9(4-12(14)16)3-10(19-13)6-18-15(17)21/h2-5,19H,6-7H2,1H3,(H3,17,18,21). The van der Waals surface area contributed by atoms with Gasteiger partial charge in [-0.1, -0.05) is 16.8 Å². The normalized spacial score (nSPS) is 10.9. The summed E-state index contributed by atoms with van der Waals surface area (Å²) in [6, 6.07) is 6.71. The second kappa shape index (κ2) is 6.21. The van der Waals surface area contributed by atoms with Crippen molar-refractivity contribution in [2.45, 2.75) is 20.1 Å². The number of amides is 2. The van der Waals surface area contributed by atoms with Crippen molar-refractivity contribution in [1.29, 1.82) is 0 Å². The SMILES string of the molecule is Cc1cc(COc2cc3[nH]c(CNC(N)=O)cc3cc2Cl)on1. The molecule has 2 aromatic heterocycles. The molecule has 0 bridgehead atoms. The first-order valence-electron chi connectivity index (χ1n) is 6.90. The Morgan fingerprint density at radius 3 is 2.96 bits per heavy atom. The first-order chi connectivity index (χ1) is 11.0. The number of urea groups is 1. The summed E-state index contributed by atoms with van der Waals surface area (Å²) in [5.41, 5.74) is 7.52. The third-order valence-electron chi connectivity index (χ3n) is 3.23. The highest BCUT2D eigenvalue weighted by molar-refractivity contribution is 6.32. The summed E-state index contributed by atoms with van der Waals surface area (Å²) in [4.78, 5) is 13.9. The summed E-state index contributed by atoms with van der Waals surface area (Å²) in [5.74, 6) is 1.15. The van der Waals surface area contributed by atoms with Crippen molar-refractivity contribution in [3.63, 3.8) is 0 Å². The van der Waals surface area contributed by atoms with E-state index in [0.717, 1.165) is 22.3 Å². The summed E-state index contributed by atoms with van der Waals surface area (Å²) in [7, 11) is 0. The maximum Gasteiger partial charge on any atom is 0.312 e. The second-order valence-electron chi connectivity index (χ2n) is 5.11. The number of halogens is 1. The first kappa shape index (κ1) is 15.2. The number of hydrogen-bond acceptors (Lipinski definition) is 4. The Kier molecular flexibility index (Phi) is 4.12. The lowest BCUT2D eigenvalue weighted by Gasteiger charge is -2.06. The minimum Gasteiger partial charge on any atom is -0.484 e. The Morgan fingerprint density at radius 1 is 1.43 bits per heavy atom. The van der Waals surface area contributed by atoms with Gasteiger partial charge >= 0.3 is 6.03 Å². The quantitative estimate of drug-likeness (QED) is 0.667. The fourth-order valence-corrected chi connectivity index (χ4v) is 2.44. The lowest BCUT2D eigenvalue weighted by molar-refractivity contribution is 0.248. The molecule has 0 atom stereocenters. The highest BCUT2D eigenvalue weighted by atomic mass is 35.5. The Morgan fingerprint density at radius 2 is 2.26 bits per heavy atom. The highest BCUT2D eigenvalue weighted by Gasteiger charge is 2.09. The summed E-state index contributed by atoms with van der Waals surface area (Å²) < 4.78 is 10.8. The van der Waals surface area contributed by atoms with Crippen LogP contribution in [-0.4, -0.2) is 16.2 Å². The van der Waals surface area contributed by atoms with Gasteiger partial charge in [-0.05, 0) is 19.1 Å². The lowest BCUT2D eigenvalue weighted by atomic mass is 10.2. The van der Waals surface area contributed by atoms with Gasteiger partial charge in [0.2, 0.25) is 0 Å². The molecule has 8 heteroatoms. The van der Waals surface area contributed by atoms with E-state index < -0.39 is 6.03 Å². The van der Waals surface area contributed by atoms with Crippen LogP contribution in [0, 0.1) is 6.92 Å². The molecule has 2 amide bonds. The number of hydrogen-bond donors (Lipinski definition) is 3. The van der Waals surface area contributed by atoms with E-state index in [-0.39, 0.29) is 6.61 Å². The van der Waals surface area contributed by atoms with Gasteiger partial charge in [-0.25, -0.2) is 4.79 Å². The number of aryl methyl sites for hydroxylation is 1. The Balaban J connectivity index is 1.77. The molecule has 1 aromatic carbocycles. The van der Waals surface area contributed by atoms with Crippen LogP contribution in [0.1, 0.15) is 17.1 Å². The molecule has 0 aliphatic rings. The zero-order valence-corrected chi connectivity index (χ0v) is 13.1. The van der Waals surface area contributed by atoms with Gasteiger partial charge in [0.15, 0.2) is 5.76 Å². The fourth-order valence-electron chi connectivity index (χ4n) is 2.21. The van der Waals surface area contributed by atoms with Crippen LogP contribution in [0.15, 0.2) is 28.8 Å². The summed E-state index contributed by atoms with van der Waals surface area (Å²) >= 11 is 6.24. The number of nitrogens with two attached hydrogens (primary N) is 1. The Hall–Kier alpha value is -2.67. The Labute approximate surface area is 136 Å². The van der Waals surface area contributed by atoms with Gasteiger partial charge in [0.05, 0.1) is 17.3 Å². The van der Waals surface area contributed by atoms with Crippen LogP contribution in [0.2, 0.25) is 5.02 Å². The number of aromatic nitrogens is 2. The molecular formula is C15H15ClN4O3. The molecular weight excluding hydrogens is 320 g/mol. The monoisotopic (exact) mass is 334 g/mol. The number of nitrogens with zero attached hydrogens (tertiary/aromatic N) is 1. The van der Waals surface area contributed by atoms with Crippen molar-refractivity contribution in [3.8, 4) is 5.75 Å². The van der Waals surface area contributed by atoms with Crippen LogP contribution in [0.25, 0.3) is 10.9 Å². The average molecular weight is 335 g/mol. The van der Waals surface area contributed by atoms with Gasteiger partial charge in [0.25, 0.3) is 0 Å². The number of aromatic amines is 1. The van der Waals surface area contributed by atoms with E-state index in [4.69, 9.17) is 26.6 Å². The molecule has 23 heavy (non-hydrogen) atoms. The molecule has 0 aliphatic carbocycles. The fraction of sp³-hybridized carbons (Fsp3) is 0.200. The molecule has 120 valence electrons. The van der Waals surface area contributed by atoms with Crippen LogP contribution in [0.4, 0.5) is 4.79 Å². The van der Waals surface area contributed by atoms with Gasteiger partial charge in [-0.3, -0.25) is 0 Å². The lowest BCUT2D eigenvalue weighted by Crippen LogP contribution is -2.28. The van der Waals surface area contributed by atoms with Crippen molar-refractivity contribution in [2.24, 2.45) is 5.73 Å². The van der Waals surface area contributed by atoms with Crippen LogP contribution >= 0.6 is 11.6 Å². The largest absolute Gasteiger partial charge is 0.484 e. The number of primary amides is 1. The number of rotatable bonds is 5. The maximum absolute atomic E-state index is 10.8. The maximum atomic E-state index is 10.8. The second-order valence-corrected chi connectivity index (χ2v) is 5.51. The predicted molar refractivity (Wildman–Crippen MR) is 85.3 cm³/mol. The van der Waals surface area contributed by atoms with E-state index in [1.807, 2.05) is 13.0 Å². The Bertz CT molecular complexity index is 856. The van der Waals surface area contributed by atoms with Crippen LogP contribution < -0.4 is 15.8 Å². The van der Waals surface area contributed by atoms with Crippen molar-refractivity contribution < 1.29 is 14.1 Å². The van der Waals surface area contributed by atoms with Gasteiger partial charge in [-0.2, -0.15) is 0 Å². The molecule has 0 saturated heterocycles. The summed E-state index contributed by atoms with van der Waals surface area (Å²) in [6.07, 6.45) is 0. The van der Waals surface area contributed by atoms with E-state index in [0.29, 0.717) is 23.1 Å². The molecule has 0 aliphatic heterocycles. The van der Waals surface area contributed by atoms with E-state index in [1.165, 1.54) is 0 Å². The smallest absolute Gasteiger partial charge is 0.312 e. The molecule has 7 nitrogen and oxygen atoms in total. The van der Waals surface area contributed by atoms with Crippen molar-refractivity contribution >= 4 is 28.5 Å². The zero-order chi connectivity index (χ0) is 16.4. The zero-order valence-electron chi connectivity index (χ0n) is 12.4. The number of H-pyrrole nitrogens is 1. The van der Waals surface area contributed by atoms with Crippen molar-refractivity contribution in [2.75, 3.05) is 0 Å². The van der Waals surface area contributed by atoms with Crippen molar-refractivity contribution in [1.82, 2.24) is 15.5 Å². The van der Waals surface area contributed by atoms with E-state index in [2.05, 4.69) is 15.5 Å². The number of carbonyl (C=O) groups excluding carboxylic acids is 1. The molecule has 0 saturated carbocycles. The van der Waals surface area contributed by atoms with Crippen LogP contribution in [0.3, 0.4) is 0 Å². The number of ether oxygens (including phenoxy) is 1. The van der Waals surface area contributed by atoms with Gasteiger partial charge < -0.3 is 25.3 Å². The molecule has 4 N–H and O–H groups in total. The minimum absolute atomic E-state index is 0.239. The summed E-state index contributed by atoms with van der Waals surface area (Å²) in [5, 5.41) is 7.73. The number of benzene rings is 1. The van der Waals surface area contributed by atoms with Crippen LogP contribution in [0.5, 0.6) is 5.75 Å². The molecule has 0 spiro atoms. The topological polar surface area (TPSA) is 106 Å². The molecule has 0 radical (unpaired) electrons. The van der Waals surface area contributed by atoms with Crippen LogP contribution in [-0.2, 0) is 13.2 Å². The first-order valence-corrected chi connectivity index (χ1v) is 7.28. The van der Waals surface area contributed by atoms with E-state index in [1.54, 1.807) is 18.2 Å². The average Bonchev–Trinajstić information content (AvgIpc) is 3.08. The highest BCUT2D eigenvalue weighted by Crippen LogP contribution is 2.31. The molecule has 0 unspecified atom stereocenters. The third kappa shape index (κ3) is 3.57. The van der Waals surface area contributed by atoms with E-state index >= 15 is 0 Å². The van der Waals surface area contributed by atoms with Crippen molar-refractivity contribution in [3.05, 3.63) is 46.4 Å². The predicted octanol–water partition coefficient (Wildman–Crippen LogP) is 2.87. The number of nitrogens with one attached hydrogen (secondary N) is 2. The molecule has 3 aromatic rings. The molecule has 0 fully saturated rings. The van der Waals surface area contributed by atoms with Gasteiger partial charge in [0, 0.05) is 28.7 Å². The van der Waals surface area contributed by atoms with E-state index in [9.17, 15) is 4.79 Å². The molecule has 2 heterocycles. The van der Waals surface area contributed by atoms with Gasteiger partial charge in [0.1, 0.15) is 12.4 Å².